The number of halogens is 7. The Morgan fingerprint density at radius 2 is 1.70 bits per heavy atom. The lowest BCUT2D eigenvalue weighted by Gasteiger charge is -2.31. The zero-order valence-corrected chi connectivity index (χ0v) is 23.8. The van der Waals surface area contributed by atoms with E-state index in [9.17, 15) is 35.9 Å². The number of hydrogen-bond donors (Lipinski definition) is 1. The minimum Gasteiger partial charge on any atom is -0.481 e. The van der Waals surface area contributed by atoms with Crippen LogP contribution in [0.25, 0.3) is 11.1 Å². The van der Waals surface area contributed by atoms with Gasteiger partial charge >= 0.3 is 24.4 Å². The standard InChI is InChI=1S/C29H25ClF6N4O4/c1-15-25(17-10-18(28(31,32)33)12-19(11-17)29(34,35)36)44-27(43)40(15)14-23-21(13-37-26(38-23)39-7-2-8-39)20-9-16(3-5-22(20)30)4-6-24(41)42/h3,5,9-13,15,25H,2,4,6-8,14H2,1H3,(H,41,42)/t15-,25-/m0/s1. The van der Waals surface area contributed by atoms with Gasteiger partial charge in [-0.25, -0.2) is 14.8 Å². The molecular weight excluding hydrogens is 618 g/mol. The third-order valence-electron chi connectivity index (χ3n) is 7.59. The molecule has 44 heavy (non-hydrogen) atoms. The molecule has 8 nitrogen and oxygen atoms in total. The van der Waals surface area contributed by atoms with E-state index in [0.29, 0.717) is 58.6 Å². The van der Waals surface area contributed by atoms with Crippen LogP contribution in [0.3, 0.4) is 0 Å². The van der Waals surface area contributed by atoms with Crippen LogP contribution in [0.2, 0.25) is 5.02 Å². The van der Waals surface area contributed by atoms with E-state index in [2.05, 4.69) is 9.97 Å². The Morgan fingerprint density at radius 1 is 1.05 bits per heavy atom. The molecule has 3 heterocycles. The monoisotopic (exact) mass is 642 g/mol. The molecule has 2 aromatic carbocycles. The Morgan fingerprint density at radius 3 is 2.27 bits per heavy atom. The minimum atomic E-state index is -5.07. The quantitative estimate of drug-likeness (QED) is 0.261. The topological polar surface area (TPSA) is 95.9 Å². The molecule has 3 aromatic rings. The van der Waals surface area contributed by atoms with Crippen LogP contribution in [0.15, 0.2) is 42.6 Å². The summed E-state index contributed by atoms with van der Waals surface area (Å²) < 4.78 is 86.4. The van der Waals surface area contributed by atoms with Crippen molar-refractivity contribution in [3.63, 3.8) is 0 Å². The minimum absolute atomic E-state index is 0.0154. The molecule has 2 aliphatic heterocycles. The maximum atomic E-state index is 13.5. The van der Waals surface area contributed by atoms with Crippen LogP contribution >= 0.6 is 11.6 Å². The second-order valence-electron chi connectivity index (χ2n) is 10.6. The number of hydrogen-bond acceptors (Lipinski definition) is 6. The summed E-state index contributed by atoms with van der Waals surface area (Å²) in [7, 11) is 0. The zero-order chi connectivity index (χ0) is 32.0. The average Bonchev–Trinajstić information content (AvgIpc) is 3.19. The normalized spacial score (nSPS) is 18.8. The van der Waals surface area contributed by atoms with E-state index in [1.807, 2.05) is 4.90 Å². The highest BCUT2D eigenvalue weighted by Gasteiger charge is 2.43. The van der Waals surface area contributed by atoms with Crippen LogP contribution in [0.4, 0.5) is 37.1 Å². The molecule has 2 fully saturated rings. The second kappa shape index (κ2) is 11.8. The van der Waals surface area contributed by atoms with Gasteiger partial charge in [0.2, 0.25) is 5.95 Å². The van der Waals surface area contributed by atoms with Crippen molar-refractivity contribution in [2.24, 2.45) is 0 Å². The summed E-state index contributed by atoms with van der Waals surface area (Å²) >= 11 is 6.52. The average molecular weight is 643 g/mol. The van der Waals surface area contributed by atoms with Crippen molar-refractivity contribution < 1.29 is 45.8 Å². The third-order valence-corrected chi connectivity index (χ3v) is 7.92. The molecule has 15 heteroatoms. The van der Waals surface area contributed by atoms with Crippen LogP contribution in [0.1, 0.15) is 53.8 Å². The first-order chi connectivity index (χ1) is 20.6. The number of aromatic nitrogens is 2. The fourth-order valence-corrected chi connectivity index (χ4v) is 5.29. The fourth-order valence-electron chi connectivity index (χ4n) is 5.07. The number of carbonyl (C=O) groups excluding carboxylic acids is 1. The van der Waals surface area contributed by atoms with Crippen molar-refractivity contribution in [1.82, 2.24) is 14.9 Å². The van der Waals surface area contributed by atoms with Gasteiger partial charge in [0.05, 0.1) is 29.4 Å². The fraction of sp³-hybridized carbons (Fsp3) is 0.379. The van der Waals surface area contributed by atoms with Crippen LogP contribution in [0, 0.1) is 0 Å². The summed E-state index contributed by atoms with van der Waals surface area (Å²) in [6.45, 7) is 2.63. The largest absolute Gasteiger partial charge is 0.481 e. The lowest BCUT2D eigenvalue weighted by Crippen LogP contribution is -2.39. The SMILES string of the molecule is C[C@H]1[C@@H](c2cc(C(F)(F)F)cc(C(F)(F)F)c2)OC(=O)N1Cc1nc(N2CCC2)ncc1-c1cc(CCC(=O)O)ccc1Cl. The van der Waals surface area contributed by atoms with Gasteiger partial charge in [0.15, 0.2) is 0 Å². The van der Waals surface area contributed by atoms with Crippen molar-refractivity contribution >= 4 is 29.6 Å². The summed E-state index contributed by atoms with van der Waals surface area (Å²) in [5, 5.41) is 9.38. The number of carboxylic acid groups (broad SMARTS) is 1. The van der Waals surface area contributed by atoms with Gasteiger partial charge in [0.25, 0.3) is 0 Å². The molecule has 0 spiro atoms. The van der Waals surface area contributed by atoms with Crippen molar-refractivity contribution in [1.29, 1.82) is 0 Å². The smallest absolute Gasteiger partial charge is 0.416 e. The summed E-state index contributed by atoms with van der Waals surface area (Å²) in [5.74, 6) is -0.610. The van der Waals surface area contributed by atoms with Crippen molar-refractivity contribution in [2.45, 2.75) is 57.2 Å². The molecule has 1 amide bonds. The van der Waals surface area contributed by atoms with E-state index >= 15 is 0 Å². The second-order valence-corrected chi connectivity index (χ2v) is 11.0. The van der Waals surface area contributed by atoms with Gasteiger partial charge in [-0.15, -0.1) is 0 Å². The molecule has 0 saturated carbocycles. The number of aryl methyl sites for hydroxylation is 1. The lowest BCUT2D eigenvalue weighted by atomic mass is 9.97. The van der Waals surface area contributed by atoms with E-state index in [1.165, 1.54) is 18.0 Å². The Balaban J connectivity index is 1.51. The predicted octanol–water partition coefficient (Wildman–Crippen LogP) is 7.14. The van der Waals surface area contributed by atoms with E-state index in [4.69, 9.17) is 21.4 Å². The van der Waals surface area contributed by atoms with Gasteiger partial charge in [0, 0.05) is 41.9 Å². The van der Waals surface area contributed by atoms with Gasteiger partial charge in [-0.05, 0) is 61.2 Å². The number of nitrogens with zero attached hydrogens (tertiary/aromatic N) is 4. The molecule has 5 rings (SSSR count). The number of alkyl halides is 6. The Hall–Kier alpha value is -4.07. The molecule has 2 atom stereocenters. The Kier molecular flexibility index (Phi) is 8.40. The predicted molar refractivity (Wildman–Crippen MR) is 146 cm³/mol. The van der Waals surface area contributed by atoms with E-state index in [-0.39, 0.29) is 25.5 Å². The first-order valence-electron chi connectivity index (χ1n) is 13.5. The summed E-state index contributed by atoms with van der Waals surface area (Å²) in [6, 6.07) is 5.09. The lowest BCUT2D eigenvalue weighted by molar-refractivity contribution is -0.143. The summed E-state index contributed by atoms with van der Waals surface area (Å²) in [5.41, 5.74) is -1.62. The molecular formula is C29H25ClF6N4O4. The maximum absolute atomic E-state index is 13.5. The first kappa shape index (κ1) is 31.4. The third kappa shape index (κ3) is 6.54. The molecule has 0 unspecified atom stereocenters. The number of amides is 1. The molecule has 1 aromatic heterocycles. The number of carboxylic acids is 1. The summed E-state index contributed by atoms with van der Waals surface area (Å²) in [6.07, 6.45) is -9.99. The number of cyclic esters (lactones) is 1. The van der Waals surface area contributed by atoms with E-state index < -0.39 is 53.3 Å². The summed E-state index contributed by atoms with van der Waals surface area (Å²) in [4.78, 5) is 36.3. The maximum Gasteiger partial charge on any atom is 0.416 e. The number of anilines is 1. The van der Waals surface area contributed by atoms with E-state index in [1.54, 1.807) is 18.2 Å². The first-order valence-corrected chi connectivity index (χ1v) is 13.9. The highest BCUT2D eigenvalue weighted by Crippen LogP contribution is 2.42. The molecule has 0 aliphatic carbocycles. The van der Waals surface area contributed by atoms with E-state index in [0.717, 1.165) is 6.42 Å². The van der Waals surface area contributed by atoms with Crippen molar-refractivity contribution in [3.05, 3.63) is 75.6 Å². The highest BCUT2D eigenvalue weighted by molar-refractivity contribution is 6.33. The number of benzene rings is 2. The highest BCUT2D eigenvalue weighted by atomic mass is 35.5. The molecule has 1 N–H and O–H groups in total. The Labute approximate surface area is 252 Å². The van der Waals surface area contributed by atoms with Crippen LogP contribution in [-0.2, 0) is 34.8 Å². The molecule has 0 radical (unpaired) electrons. The molecule has 0 bridgehead atoms. The molecule has 234 valence electrons. The van der Waals surface area contributed by atoms with Gasteiger partial charge in [-0.1, -0.05) is 17.7 Å². The molecule has 2 saturated heterocycles. The molecule has 2 aliphatic rings. The number of aliphatic carboxylic acids is 1. The van der Waals surface area contributed by atoms with Gasteiger partial charge in [-0.3, -0.25) is 9.69 Å². The van der Waals surface area contributed by atoms with Gasteiger partial charge < -0.3 is 14.7 Å². The van der Waals surface area contributed by atoms with Crippen LogP contribution < -0.4 is 4.90 Å². The van der Waals surface area contributed by atoms with Crippen LogP contribution in [0.5, 0.6) is 0 Å². The number of ether oxygens (including phenoxy) is 1. The number of carbonyl (C=O) groups is 2. The van der Waals surface area contributed by atoms with Crippen LogP contribution in [-0.4, -0.2) is 51.2 Å². The van der Waals surface area contributed by atoms with Crippen molar-refractivity contribution in [3.8, 4) is 11.1 Å². The van der Waals surface area contributed by atoms with Gasteiger partial charge in [-0.2, -0.15) is 26.3 Å². The zero-order valence-electron chi connectivity index (χ0n) is 23.0. The Bertz CT molecular complexity index is 1560. The van der Waals surface area contributed by atoms with Crippen molar-refractivity contribution in [2.75, 3.05) is 18.0 Å². The van der Waals surface area contributed by atoms with Gasteiger partial charge in [0.1, 0.15) is 6.10 Å². The number of rotatable bonds is 8.